The summed E-state index contributed by atoms with van der Waals surface area (Å²) < 4.78 is 2.52. The largest absolute Gasteiger partial charge is 0.381 e. The highest BCUT2D eigenvalue weighted by Crippen LogP contribution is 2.65. The second kappa shape index (κ2) is 12.1. The van der Waals surface area contributed by atoms with Crippen LogP contribution in [-0.4, -0.2) is 21.6 Å². The van der Waals surface area contributed by atoms with Crippen molar-refractivity contribution < 1.29 is 0 Å². The van der Waals surface area contributed by atoms with Gasteiger partial charge in [0.05, 0.1) is 5.52 Å². The summed E-state index contributed by atoms with van der Waals surface area (Å²) in [5.41, 5.74) is 13.3. The lowest BCUT2D eigenvalue weighted by Gasteiger charge is -2.57. The summed E-state index contributed by atoms with van der Waals surface area (Å²) in [5, 5.41) is 5.66. The van der Waals surface area contributed by atoms with Gasteiger partial charge in [0.2, 0.25) is 0 Å². The predicted molar refractivity (Wildman–Crippen MR) is 220 cm³/mol. The number of nitrogens with one attached hydrogen (secondary N) is 1. The Hall–Kier alpha value is -4.90. The number of dihydropyridines is 1. The predicted octanol–water partition coefficient (Wildman–Crippen LogP) is 11.2. The molecular formula is C48H38N2S2. The Morgan fingerprint density at radius 3 is 2.29 bits per heavy atom. The molecule has 52 heavy (non-hydrogen) atoms. The monoisotopic (exact) mass is 706 g/mol. The Labute approximate surface area is 314 Å². The van der Waals surface area contributed by atoms with Crippen LogP contribution in [0.4, 0.5) is 0 Å². The molecule has 3 aliphatic carbocycles. The van der Waals surface area contributed by atoms with E-state index in [2.05, 4.69) is 186 Å². The minimum Gasteiger partial charge on any atom is -0.381 e. The molecular weight excluding hydrogens is 669 g/mol. The summed E-state index contributed by atoms with van der Waals surface area (Å²) in [7, 11) is 0. The summed E-state index contributed by atoms with van der Waals surface area (Å²) >= 11 is 4.10. The molecule has 4 unspecified atom stereocenters. The summed E-state index contributed by atoms with van der Waals surface area (Å²) in [5.74, 6) is 0.550. The number of hydrogen-bond donors (Lipinski definition) is 1. The number of nitrogens with zero attached hydrogens (tertiary/aromatic N) is 1. The first-order valence-electron chi connectivity index (χ1n) is 18.6. The first-order chi connectivity index (χ1) is 25.8. The molecule has 1 aromatic heterocycles. The summed E-state index contributed by atoms with van der Waals surface area (Å²) in [4.78, 5) is 2.78. The van der Waals surface area contributed by atoms with Crippen molar-refractivity contribution in [1.29, 1.82) is 0 Å². The summed E-state index contributed by atoms with van der Waals surface area (Å²) in [6, 6.07) is 36.5. The van der Waals surface area contributed by atoms with Crippen molar-refractivity contribution in [3.05, 3.63) is 197 Å². The summed E-state index contributed by atoms with van der Waals surface area (Å²) in [6.45, 7) is 0.877. The normalized spacial score (nSPS) is 24.5. The molecule has 6 aliphatic rings. The maximum absolute atomic E-state index is 3.63. The van der Waals surface area contributed by atoms with Crippen molar-refractivity contribution in [2.45, 2.75) is 38.5 Å². The average Bonchev–Trinajstić information content (AvgIpc) is 3.56. The van der Waals surface area contributed by atoms with Gasteiger partial charge in [-0.2, -0.15) is 0 Å². The van der Waals surface area contributed by atoms with E-state index < -0.39 is 0 Å². The molecule has 0 bridgehead atoms. The Morgan fingerprint density at radius 1 is 0.692 bits per heavy atom. The molecule has 5 aromatic rings. The van der Waals surface area contributed by atoms with Crippen LogP contribution in [-0.2, 0) is 11.8 Å². The third kappa shape index (κ3) is 4.47. The van der Waals surface area contributed by atoms with E-state index in [1.807, 2.05) is 11.8 Å². The molecule has 11 rings (SSSR count). The number of allylic oxidation sites excluding steroid dienone is 8. The fraction of sp³-hybridized carbons (Fsp3) is 0.167. The van der Waals surface area contributed by atoms with Crippen LogP contribution in [0.15, 0.2) is 179 Å². The van der Waals surface area contributed by atoms with Gasteiger partial charge >= 0.3 is 0 Å². The fourth-order valence-corrected chi connectivity index (χ4v) is 12.9. The average molecular weight is 707 g/mol. The zero-order valence-electron chi connectivity index (χ0n) is 28.8. The van der Waals surface area contributed by atoms with Crippen molar-refractivity contribution in [1.82, 2.24) is 9.88 Å². The molecule has 252 valence electrons. The Bertz CT molecular complexity index is 2460. The van der Waals surface area contributed by atoms with Crippen molar-refractivity contribution in [3.8, 4) is 5.69 Å². The van der Waals surface area contributed by atoms with Crippen LogP contribution in [0.5, 0.6) is 0 Å². The van der Waals surface area contributed by atoms with Gasteiger partial charge in [0.15, 0.2) is 0 Å². The molecule has 4 aromatic carbocycles. The fourth-order valence-electron chi connectivity index (χ4n) is 9.95. The molecule has 1 N–H and O–H groups in total. The van der Waals surface area contributed by atoms with Gasteiger partial charge in [0.25, 0.3) is 0 Å². The number of benzene rings is 4. The SMILES string of the molecule is C1=CCNC(C2=CC3SC4C=CC(c5cccc6c5c5c(n6-c6ccccc6)CCC=C5)=CC4C4(c5ccccc5Sc5ccccc54)C3C=C2)=C1. The number of hydrogen-bond acceptors (Lipinski definition) is 3. The lowest BCUT2D eigenvalue weighted by Crippen LogP contribution is -2.55. The minimum absolute atomic E-state index is 0.231. The first kappa shape index (κ1) is 30.7. The Morgan fingerprint density at radius 2 is 1.48 bits per heavy atom. The van der Waals surface area contributed by atoms with E-state index in [9.17, 15) is 0 Å². The second-order valence-corrected chi connectivity index (χ2v) is 17.0. The smallest absolute Gasteiger partial charge is 0.0543 e. The van der Waals surface area contributed by atoms with Gasteiger partial charge in [-0.3, -0.25) is 0 Å². The number of fused-ring (bicyclic) bond motifs is 11. The van der Waals surface area contributed by atoms with Gasteiger partial charge in [-0.1, -0.05) is 139 Å². The molecule has 0 amide bonds. The van der Waals surface area contributed by atoms with E-state index in [4.69, 9.17) is 0 Å². The molecule has 1 fully saturated rings. The third-order valence-electron chi connectivity index (χ3n) is 12.0. The maximum atomic E-state index is 3.63. The van der Waals surface area contributed by atoms with E-state index in [0.717, 1.165) is 19.4 Å². The molecule has 4 atom stereocenters. The van der Waals surface area contributed by atoms with Gasteiger partial charge in [-0.25, -0.2) is 0 Å². The zero-order chi connectivity index (χ0) is 34.2. The number of aromatic nitrogens is 1. The Kier molecular flexibility index (Phi) is 7.13. The van der Waals surface area contributed by atoms with Gasteiger partial charge < -0.3 is 9.88 Å². The van der Waals surface area contributed by atoms with Crippen LogP contribution in [0, 0.1) is 11.8 Å². The molecule has 3 aliphatic heterocycles. The lowest BCUT2D eigenvalue weighted by molar-refractivity contribution is 0.274. The molecule has 4 heteroatoms. The van der Waals surface area contributed by atoms with E-state index in [-0.39, 0.29) is 11.3 Å². The van der Waals surface area contributed by atoms with Gasteiger partial charge in [-0.15, -0.1) is 11.8 Å². The van der Waals surface area contributed by atoms with Crippen LogP contribution in [0.25, 0.3) is 28.2 Å². The van der Waals surface area contributed by atoms with E-state index in [1.54, 1.807) is 0 Å². The quantitative estimate of drug-likeness (QED) is 0.201. The van der Waals surface area contributed by atoms with Crippen molar-refractivity contribution >= 4 is 46.1 Å². The van der Waals surface area contributed by atoms with Crippen molar-refractivity contribution in [2.75, 3.05) is 6.54 Å². The van der Waals surface area contributed by atoms with Gasteiger partial charge in [0.1, 0.15) is 0 Å². The van der Waals surface area contributed by atoms with Crippen molar-refractivity contribution in [3.63, 3.8) is 0 Å². The van der Waals surface area contributed by atoms with Crippen LogP contribution in [0.2, 0.25) is 0 Å². The van der Waals surface area contributed by atoms with Crippen LogP contribution >= 0.6 is 23.5 Å². The minimum atomic E-state index is -0.231. The lowest BCUT2D eigenvalue weighted by atomic mass is 9.54. The van der Waals surface area contributed by atoms with Gasteiger partial charge in [-0.05, 0) is 77.1 Å². The zero-order valence-corrected chi connectivity index (χ0v) is 30.4. The molecule has 1 saturated heterocycles. The second-order valence-electron chi connectivity index (χ2n) is 14.6. The highest BCUT2D eigenvalue weighted by atomic mass is 32.2. The van der Waals surface area contributed by atoms with Gasteiger partial charge in [0, 0.05) is 72.1 Å². The molecule has 0 radical (unpaired) electrons. The first-order valence-corrected chi connectivity index (χ1v) is 20.4. The number of para-hydroxylation sites is 1. The topological polar surface area (TPSA) is 17.0 Å². The number of rotatable bonds is 3. The Balaban J connectivity index is 1.14. The van der Waals surface area contributed by atoms with E-state index in [0.29, 0.717) is 16.4 Å². The molecule has 2 nitrogen and oxygen atoms in total. The third-order valence-corrected chi connectivity index (χ3v) is 14.7. The molecule has 4 heterocycles. The highest BCUT2D eigenvalue weighted by Gasteiger charge is 2.58. The van der Waals surface area contributed by atoms with E-state index in [1.165, 1.54) is 71.2 Å². The maximum Gasteiger partial charge on any atom is 0.0543 e. The summed E-state index contributed by atoms with van der Waals surface area (Å²) in [6.07, 6.45) is 28.7. The molecule has 1 spiro atoms. The highest BCUT2D eigenvalue weighted by molar-refractivity contribution is 8.01. The molecule has 0 saturated carbocycles. The van der Waals surface area contributed by atoms with Crippen LogP contribution < -0.4 is 5.32 Å². The van der Waals surface area contributed by atoms with E-state index >= 15 is 0 Å². The van der Waals surface area contributed by atoms with Crippen LogP contribution in [0.1, 0.15) is 34.4 Å². The van der Waals surface area contributed by atoms with Crippen molar-refractivity contribution in [2.24, 2.45) is 11.8 Å². The number of thioether (sulfide) groups is 1. The van der Waals surface area contributed by atoms with Crippen LogP contribution in [0.3, 0.4) is 0 Å². The standard InChI is InChI=1S/C48H38N2S2/c1-2-13-33(14-3-1)50-41-20-7-4-15-35(41)47-34(16-12-21-42(47)50)31-25-27-45-39(29-31)48(36-17-5-8-22-43(36)51-44-23-9-6-18-37(44)48)38-26-24-32(30-46(38)52-45)40-19-10-11-28-49-40/h1-6,8-19,21-27,29-30,38-39,45-46,49H,7,20,28H2.